The van der Waals surface area contributed by atoms with Crippen LogP contribution in [0.15, 0.2) is 48.5 Å². The van der Waals surface area contributed by atoms with E-state index in [1.54, 1.807) is 11.9 Å². The highest BCUT2D eigenvalue weighted by Crippen LogP contribution is 2.28. The van der Waals surface area contributed by atoms with E-state index in [0.29, 0.717) is 43.6 Å². The molecule has 15 nitrogen and oxygen atoms in total. The molecule has 0 bridgehead atoms. The summed E-state index contributed by atoms with van der Waals surface area (Å²) in [5.74, 6) is -0.266. The second kappa shape index (κ2) is 15.0. The number of likely N-dealkylation sites (tertiary alicyclic amines) is 2. The Morgan fingerprint density at radius 1 is 0.978 bits per heavy atom. The number of rotatable bonds is 11. The van der Waals surface area contributed by atoms with Crippen LogP contribution in [0.3, 0.4) is 0 Å². The van der Waals surface area contributed by atoms with Crippen LogP contribution in [0.4, 0.5) is 21.0 Å². The molecule has 0 saturated carbocycles. The lowest BCUT2D eigenvalue weighted by Crippen LogP contribution is -2.45. The predicted octanol–water partition coefficient (Wildman–Crippen LogP) is 3.38. The molecule has 0 aliphatic carbocycles. The lowest BCUT2D eigenvalue weighted by atomic mass is 10.0. The maximum absolute atomic E-state index is 13.1. The van der Waals surface area contributed by atoms with Crippen LogP contribution < -0.4 is 0 Å². The van der Waals surface area contributed by atoms with E-state index in [4.69, 9.17) is 9.47 Å². The van der Waals surface area contributed by atoms with E-state index in [1.165, 1.54) is 58.3 Å². The van der Waals surface area contributed by atoms with Gasteiger partial charge in [0.25, 0.3) is 11.4 Å². The summed E-state index contributed by atoms with van der Waals surface area (Å²) in [6.07, 6.45) is -1.54. The Balaban J connectivity index is 1.21. The molecule has 242 valence electrons. The molecule has 2 heterocycles. The highest BCUT2D eigenvalue weighted by atomic mass is 32.1. The number of amides is 3. The standard InChI is InChI=1S/C29H35N5O10S/c1-30(28(37)43-17-19-2-6-22(7-3-19)33(39)40)14-21-10-11-31(15-21)27(36)13-26(35)25-12-24(45)16-32(25)29(38)44-18-20-4-8-23(9-5-20)34(41)42/h2-9,21,24-26,35,45H,10-18H2,1H3/t21-,24-,25-,26+/m0/s1. The number of nitro groups is 2. The molecule has 45 heavy (non-hydrogen) atoms. The van der Waals surface area contributed by atoms with Crippen LogP contribution in [0.2, 0.25) is 0 Å². The van der Waals surface area contributed by atoms with E-state index < -0.39 is 34.2 Å². The number of benzene rings is 2. The Kier molecular flexibility index (Phi) is 11.2. The highest BCUT2D eigenvalue weighted by molar-refractivity contribution is 7.81. The Bertz CT molecular complexity index is 1390. The van der Waals surface area contributed by atoms with Gasteiger partial charge in [-0.05, 0) is 54.2 Å². The van der Waals surface area contributed by atoms with Crippen LogP contribution in [0.5, 0.6) is 0 Å². The third kappa shape index (κ3) is 9.04. The molecule has 16 heteroatoms. The average molecular weight is 646 g/mol. The summed E-state index contributed by atoms with van der Waals surface area (Å²) in [5, 5.41) is 32.4. The monoisotopic (exact) mass is 645 g/mol. The van der Waals surface area contributed by atoms with Gasteiger partial charge < -0.3 is 29.3 Å². The number of carbonyl (C=O) groups excluding carboxylic acids is 3. The molecule has 0 aromatic heterocycles. The van der Waals surface area contributed by atoms with Gasteiger partial charge in [-0.3, -0.25) is 25.0 Å². The lowest BCUT2D eigenvalue weighted by molar-refractivity contribution is -0.385. The van der Waals surface area contributed by atoms with Gasteiger partial charge in [0.05, 0.1) is 28.4 Å². The third-order valence-corrected chi connectivity index (χ3v) is 8.26. The first-order chi connectivity index (χ1) is 21.4. The smallest absolute Gasteiger partial charge is 0.410 e. The van der Waals surface area contributed by atoms with Crippen LogP contribution in [0.1, 0.15) is 30.4 Å². The zero-order valence-corrected chi connectivity index (χ0v) is 25.5. The number of hydrogen-bond donors (Lipinski definition) is 2. The van der Waals surface area contributed by atoms with Crippen molar-refractivity contribution in [3.8, 4) is 0 Å². The van der Waals surface area contributed by atoms with Gasteiger partial charge >= 0.3 is 12.2 Å². The van der Waals surface area contributed by atoms with E-state index in [0.717, 1.165) is 0 Å². The number of nitrogens with zero attached hydrogens (tertiary/aromatic N) is 5. The number of aliphatic hydroxyl groups is 1. The van der Waals surface area contributed by atoms with Gasteiger partial charge in [0.15, 0.2) is 0 Å². The molecule has 4 rings (SSSR count). The third-order valence-electron chi connectivity index (χ3n) is 7.88. The molecule has 0 radical (unpaired) electrons. The second-order valence-electron chi connectivity index (χ2n) is 11.2. The van der Waals surface area contributed by atoms with Crippen LogP contribution in [0.25, 0.3) is 0 Å². The van der Waals surface area contributed by atoms with Gasteiger partial charge in [-0.25, -0.2) is 9.59 Å². The number of carbonyl (C=O) groups is 3. The van der Waals surface area contributed by atoms with Crippen molar-refractivity contribution in [3.63, 3.8) is 0 Å². The molecule has 2 aromatic carbocycles. The summed E-state index contributed by atoms with van der Waals surface area (Å²) in [4.78, 5) is 63.4. The van der Waals surface area contributed by atoms with E-state index >= 15 is 0 Å². The number of thiol groups is 1. The fraction of sp³-hybridized carbons (Fsp3) is 0.483. The van der Waals surface area contributed by atoms with Crippen molar-refractivity contribution in [1.82, 2.24) is 14.7 Å². The van der Waals surface area contributed by atoms with Crippen LogP contribution in [-0.2, 0) is 27.5 Å². The largest absolute Gasteiger partial charge is 0.445 e. The van der Waals surface area contributed by atoms with Crippen molar-refractivity contribution in [2.75, 3.05) is 33.2 Å². The summed E-state index contributed by atoms with van der Waals surface area (Å²) < 4.78 is 10.7. The molecule has 0 spiro atoms. The molecule has 0 unspecified atom stereocenters. The minimum atomic E-state index is -1.14. The predicted molar refractivity (Wildman–Crippen MR) is 162 cm³/mol. The zero-order valence-electron chi connectivity index (χ0n) is 24.6. The molecule has 3 amide bonds. The Labute approximate surface area is 264 Å². The maximum Gasteiger partial charge on any atom is 0.410 e. The van der Waals surface area contributed by atoms with E-state index in [-0.39, 0.29) is 54.6 Å². The van der Waals surface area contributed by atoms with Crippen LogP contribution in [0, 0.1) is 26.1 Å². The Morgan fingerprint density at radius 2 is 1.53 bits per heavy atom. The topological polar surface area (TPSA) is 186 Å². The van der Waals surface area contributed by atoms with Crippen LogP contribution in [-0.4, -0.2) is 98.4 Å². The van der Waals surface area contributed by atoms with Gasteiger partial charge in [0.1, 0.15) is 13.2 Å². The van der Waals surface area contributed by atoms with Crippen molar-refractivity contribution in [1.29, 1.82) is 0 Å². The van der Waals surface area contributed by atoms with Gasteiger partial charge in [0, 0.05) is 62.7 Å². The molecule has 2 aliphatic rings. The quantitative estimate of drug-likeness (QED) is 0.208. The second-order valence-corrected chi connectivity index (χ2v) is 11.9. The van der Waals surface area contributed by atoms with E-state index in [1.807, 2.05) is 0 Å². The summed E-state index contributed by atoms with van der Waals surface area (Å²) in [7, 11) is 1.59. The first kappa shape index (κ1) is 33.5. The molecule has 2 aromatic rings. The maximum atomic E-state index is 13.1. The van der Waals surface area contributed by atoms with Gasteiger partial charge in [0.2, 0.25) is 5.91 Å². The molecule has 1 N–H and O–H groups in total. The molecule has 4 atom stereocenters. The number of hydrogen-bond acceptors (Lipinski definition) is 11. The fourth-order valence-electron chi connectivity index (χ4n) is 5.44. The average Bonchev–Trinajstić information content (AvgIpc) is 3.65. The first-order valence-corrected chi connectivity index (χ1v) is 14.8. The first-order valence-electron chi connectivity index (χ1n) is 14.3. The molecule has 2 aliphatic heterocycles. The van der Waals surface area contributed by atoms with E-state index in [9.17, 15) is 39.7 Å². The minimum absolute atomic E-state index is 0.00205. The molecular weight excluding hydrogens is 610 g/mol. The number of aliphatic hydroxyl groups excluding tert-OH is 1. The van der Waals surface area contributed by atoms with Crippen LogP contribution >= 0.6 is 12.6 Å². The Morgan fingerprint density at radius 3 is 2.09 bits per heavy atom. The number of ether oxygens (including phenoxy) is 2. The van der Waals surface area contributed by atoms with Gasteiger partial charge in [-0.15, -0.1) is 0 Å². The summed E-state index contributed by atoms with van der Waals surface area (Å²) >= 11 is 4.47. The lowest BCUT2D eigenvalue weighted by Gasteiger charge is -2.28. The van der Waals surface area contributed by atoms with Crippen molar-refractivity contribution in [2.45, 2.75) is 49.9 Å². The number of non-ortho nitro benzene ring substituents is 2. The van der Waals surface area contributed by atoms with Crippen molar-refractivity contribution in [3.05, 3.63) is 79.9 Å². The summed E-state index contributed by atoms with van der Waals surface area (Å²) in [6.45, 7) is 1.29. The van der Waals surface area contributed by atoms with E-state index in [2.05, 4.69) is 12.6 Å². The van der Waals surface area contributed by atoms with Crippen molar-refractivity contribution < 1.29 is 38.8 Å². The summed E-state index contributed by atoms with van der Waals surface area (Å²) in [5.41, 5.74) is 1.04. The Hall–Kier alpha value is -4.44. The SMILES string of the molecule is CN(C[C@@H]1CCN(C(=O)C[C@@H](O)[C@@H]2C[C@H](S)CN2C(=O)OCc2ccc([N+](=O)[O-])cc2)C1)C(=O)OCc1ccc([N+](=O)[O-])cc1. The van der Waals surface area contributed by atoms with Crippen molar-refractivity contribution >= 4 is 42.1 Å². The normalized spacial score (nSPS) is 20.0. The minimum Gasteiger partial charge on any atom is -0.445 e. The van der Waals surface area contributed by atoms with Gasteiger partial charge in [-0.2, -0.15) is 12.6 Å². The highest BCUT2D eigenvalue weighted by Gasteiger charge is 2.40. The zero-order chi connectivity index (χ0) is 32.7. The fourth-order valence-corrected chi connectivity index (χ4v) is 5.83. The van der Waals surface area contributed by atoms with Gasteiger partial charge in [-0.1, -0.05) is 0 Å². The molecule has 2 fully saturated rings. The van der Waals surface area contributed by atoms with Crippen molar-refractivity contribution in [2.24, 2.45) is 5.92 Å². The number of nitro benzene ring substituents is 2. The summed E-state index contributed by atoms with van der Waals surface area (Å²) in [6, 6.07) is 10.7. The molecule has 2 saturated heterocycles. The molecular formula is C29H35N5O10S.